The number of aliphatic hydroxyl groups excluding tert-OH is 1. The third kappa shape index (κ3) is 6.47. The Hall–Kier alpha value is -2.06. The number of carbonyl (C=O) groups excluding carboxylic acids is 2. The van der Waals surface area contributed by atoms with Gasteiger partial charge in [-0.25, -0.2) is 4.79 Å². The summed E-state index contributed by atoms with van der Waals surface area (Å²) in [5.74, 6) is -0.507. The predicted molar refractivity (Wildman–Crippen MR) is 117 cm³/mol. The number of ether oxygens (including phenoxy) is 1. The van der Waals surface area contributed by atoms with Gasteiger partial charge in [0.2, 0.25) is 5.91 Å². The first-order chi connectivity index (χ1) is 13.5. The number of aliphatic hydroxyl groups is 1. The van der Waals surface area contributed by atoms with Crippen molar-refractivity contribution in [2.45, 2.75) is 58.7 Å². The molecule has 0 aliphatic carbocycles. The van der Waals surface area contributed by atoms with E-state index in [0.29, 0.717) is 6.42 Å². The smallest absolute Gasteiger partial charge is 0.408 e. The number of rotatable bonds is 7. The largest absolute Gasteiger partial charge is 0.444 e. The number of hydrogen-bond donors (Lipinski definition) is 4. The van der Waals surface area contributed by atoms with Crippen LogP contribution >= 0.6 is 15.9 Å². The predicted octanol–water partition coefficient (Wildman–Crippen LogP) is 3.50. The molecule has 1 aromatic carbocycles. The van der Waals surface area contributed by atoms with E-state index in [4.69, 9.17) is 4.74 Å². The zero-order chi connectivity index (χ0) is 21.8. The van der Waals surface area contributed by atoms with Crippen molar-refractivity contribution in [3.63, 3.8) is 0 Å². The number of fused-ring (bicyclic) bond motifs is 1. The summed E-state index contributed by atoms with van der Waals surface area (Å²) in [6, 6.07) is 4.60. The second-order valence-electron chi connectivity index (χ2n) is 8.44. The number of carbonyl (C=O) groups is 2. The number of halogens is 1. The highest BCUT2D eigenvalue weighted by atomic mass is 79.9. The van der Waals surface area contributed by atoms with Crippen LogP contribution in [0.1, 0.15) is 40.2 Å². The number of hydrogen-bond acceptors (Lipinski definition) is 4. The van der Waals surface area contributed by atoms with Gasteiger partial charge in [-0.1, -0.05) is 35.8 Å². The highest BCUT2D eigenvalue weighted by Gasteiger charge is 2.28. The number of amides is 2. The van der Waals surface area contributed by atoms with Crippen LogP contribution in [0.5, 0.6) is 0 Å². The molecule has 0 bridgehead atoms. The maximum Gasteiger partial charge on any atom is 0.408 e. The third-order valence-electron chi connectivity index (χ3n) is 4.39. The van der Waals surface area contributed by atoms with Gasteiger partial charge >= 0.3 is 6.09 Å². The molecule has 0 saturated carbocycles. The second kappa shape index (κ2) is 9.63. The van der Waals surface area contributed by atoms with Gasteiger partial charge in [0.05, 0.1) is 12.6 Å². The Morgan fingerprint density at radius 1 is 1.24 bits per heavy atom. The molecule has 0 aliphatic rings. The van der Waals surface area contributed by atoms with Gasteiger partial charge in [0.1, 0.15) is 11.6 Å². The van der Waals surface area contributed by atoms with E-state index in [2.05, 4.69) is 31.5 Å². The molecular formula is C21H30BrN3O4. The van der Waals surface area contributed by atoms with Crippen molar-refractivity contribution >= 4 is 38.8 Å². The van der Waals surface area contributed by atoms with E-state index < -0.39 is 23.8 Å². The van der Waals surface area contributed by atoms with Crippen LogP contribution in [0.4, 0.5) is 4.79 Å². The summed E-state index contributed by atoms with van der Waals surface area (Å²) in [6.45, 7) is 8.74. The van der Waals surface area contributed by atoms with E-state index >= 15 is 0 Å². The average Bonchev–Trinajstić information content (AvgIpc) is 3.01. The van der Waals surface area contributed by atoms with E-state index in [9.17, 15) is 14.7 Å². The highest BCUT2D eigenvalue weighted by Crippen LogP contribution is 2.27. The number of aromatic amines is 1. The van der Waals surface area contributed by atoms with Gasteiger partial charge in [-0.3, -0.25) is 4.79 Å². The fraction of sp³-hybridized carbons (Fsp3) is 0.524. The van der Waals surface area contributed by atoms with Gasteiger partial charge in [-0.2, -0.15) is 0 Å². The average molecular weight is 468 g/mol. The number of aromatic nitrogens is 1. The van der Waals surface area contributed by atoms with Crippen LogP contribution in [0.15, 0.2) is 28.9 Å². The summed E-state index contributed by atoms with van der Waals surface area (Å²) in [4.78, 5) is 28.1. The van der Waals surface area contributed by atoms with Crippen LogP contribution in [-0.2, 0) is 16.0 Å². The summed E-state index contributed by atoms with van der Waals surface area (Å²) >= 11 is 3.55. The van der Waals surface area contributed by atoms with Crippen molar-refractivity contribution in [1.29, 1.82) is 0 Å². The van der Waals surface area contributed by atoms with Gasteiger partial charge in [0, 0.05) is 21.6 Å². The molecule has 7 nitrogen and oxygen atoms in total. The molecule has 29 heavy (non-hydrogen) atoms. The summed E-state index contributed by atoms with van der Waals surface area (Å²) in [7, 11) is 0. The molecule has 1 aromatic heterocycles. The quantitative estimate of drug-likeness (QED) is 0.500. The lowest BCUT2D eigenvalue weighted by Crippen LogP contribution is -2.54. The maximum atomic E-state index is 12.8. The van der Waals surface area contributed by atoms with Crippen LogP contribution in [0.25, 0.3) is 10.9 Å². The Bertz CT molecular complexity index is 857. The lowest BCUT2D eigenvalue weighted by molar-refractivity contribution is -0.125. The standard InChI is InChI=1S/C21H30BrN3O4/c1-12(2)18(25-20(28)29-21(3,4)5)19(27)24-14(11-26)9-13-10-23-16-8-6-7-15(22)17(13)16/h6-8,10,12,14,18,23,26H,9,11H2,1-5H3,(H,24,27)(H,25,28). The van der Waals surface area contributed by atoms with Crippen LogP contribution in [0.2, 0.25) is 0 Å². The molecule has 8 heteroatoms. The van der Waals surface area contributed by atoms with Crippen molar-refractivity contribution in [3.05, 3.63) is 34.4 Å². The summed E-state index contributed by atoms with van der Waals surface area (Å²) in [5.41, 5.74) is 1.30. The molecule has 0 radical (unpaired) electrons. The monoisotopic (exact) mass is 467 g/mol. The molecule has 2 aromatic rings. The molecule has 1 heterocycles. The van der Waals surface area contributed by atoms with Gasteiger partial charge in [0.25, 0.3) is 0 Å². The molecular weight excluding hydrogens is 438 g/mol. The third-order valence-corrected chi connectivity index (χ3v) is 5.05. The molecule has 2 amide bonds. The molecule has 0 saturated heterocycles. The van der Waals surface area contributed by atoms with Crippen molar-refractivity contribution < 1.29 is 19.4 Å². The Balaban J connectivity index is 2.09. The zero-order valence-corrected chi connectivity index (χ0v) is 19.1. The molecule has 2 unspecified atom stereocenters. The van der Waals surface area contributed by atoms with Crippen molar-refractivity contribution in [1.82, 2.24) is 15.6 Å². The fourth-order valence-electron chi connectivity index (χ4n) is 3.06. The van der Waals surface area contributed by atoms with E-state index in [-0.39, 0.29) is 18.4 Å². The first-order valence-corrected chi connectivity index (χ1v) is 10.5. The van der Waals surface area contributed by atoms with E-state index in [1.165, 1.54) is 0 Å². The SMILES string of the molecule is CC(C)C(NC(=O)OC(C)(C)C)C(=O)NC(CO)Cc1c[nH]c2cccc(Br)c12. The molecule has 0 fully saturated rings. The molecule has 160 valence electrons. The minimum Gasteiger partial charge on any atom is -0.444 e. The number of alkyl carbamates (subject to hydrolysis) is 1. The Morgan fingerprint density at radius 2 is 1.93 bits per heavy atom. The van der Waals surface area contributed by atoms with Crippen LogP contribution in [0.3, 0.4) is 0 Å². The van der Waals surface area contributed by atoms with Gasteiger partial charge in [0.15, 0.2) is 0 Å². The van der Waals surface area contributed by atoms with Gasteiger partial charge in [-0.15, -0.1) is 0 Å². The molecule has 0 spiro atoms. The van der Waals surface area contributed by atoms with Gasteiger partial charge < -0.3 is 25.5 Å². The number of nitrogens with one attached hydrogen (secondary N) is 3. The lowest BCUT2D eigenvalue weighted by atomic mass is 10.0. The van der Waals surface area contributed by atoms with E-state index in [0.717, 1.165) is 20.9 Å². The van der Waals surface area contributed by atoms with Crippen LogP contribution in [0, 0.1) is 5.92 Å². The molecule has 2 rings (SSSR count). The second-order valence-corrected chi connectivity index (χ2v) is 9.29. The van der Waals surface area contributed by atoms with E-state index in [1.54, 1.807) is 20.8 Å². The van der Waals surface area contributed by atoms with E-state index in [1.807, 2.05) is 38.2 Å². The Labute approximate surface area is 179 Å². The molecule has 0 aliphatic heterocycles. The Kier molecular flexibility index (Phi) is 7.71. The number of benzene rings is 1. The fourth-order valence-corrected chi connectivity index (χ4v) is 3.68. The molecule has 2 atom stereocenters. The topological polar surface area (TPSA) is 103 Å². The summed E-state index contributed by atoms with van der Waals surface area (Å²) < 4.78 is 6.20. The van der Waals surface area contributed by atoms with Crippen LogP contribution < -0.4 is 10.6 Å². The lowest BCUT2D eigenvalue weighted by Gasteiger charge is -2.26. The normalized spacial score (nSPS) is 13.9. The summed E-state index contributed by atoms with van der Waals surface area (Å²) in [6.07, 6.45) is 1.68. The summed E-state index contributed by atoms with van der Waals surface area (Å²) in [5, 5.41) is 16.3. The minimum atomic E-state index is -0.770. The Morgan fingerprint density at radius 3 is 2.52 bits per heavy atom. The van der Waals surface area contributed by atoms with Crippen LogP contribution in [-0.4, -0.2) is 46.4 Å². The first kappa shape index (κ1) is 23.2. The zero-order valence-electron chi connectivity index (χ0n) is 17.5. The van der Waals surface area contributed by atoms with Gasteiger partial charge in [-0.05, 0) is 50.8 Å². The van der Waals surface area contributed by atoms with Crippen molar-refractivity contribution in [3.8, 4) is 0 Å². The number of H-pyrrole nitrogens is 1. The van der Waals surface area contributed by atoms with Crippen molar-refractivity contribution in [2.75, 3.05) is 6.61 Å². The maximum absolute atomic E-state index is 12.8. The highest BCUT2D eigenvalue weighted by molar-refractivity contribution is 9.10. The minimum absolute atomic E-state index is 0.149. The first-order valence-electron chi connectivity index (χ1n) is 9.67. The van der Waals surface area contributed by atoms with Crippen molar-refractivity contribution in [2.24, 2.45) is 5.92 Å². The molecule has 4 N–H and O–H groups in total.